The Morgan fingerprint density at radius 1 is 1.21 bits per heavy atom. The summed E-state index contributed by atoms with van der Waals surface area (Å²) < 4.78 is 15.9. The third-order valence-corrected chi connectivity index (χ3v) is 5.07. The second kappa shape index (κ2) is 7.84. The molecule has 0 aliphatic carbocycles. The second-order valence-corrected chi connectivity index (χ2v) is 6.63. The summed E-state index contributed by atoms with van der Waals surface area (Å²) in [6.07, 6.45) is -1.26. The molecule has 5 atom stereocenters. The van der Waals surface area contributed by atoms with Gasteiger partial charge in [-0.1, -0.05) is 0 Å². The highest BCUT2D eigenvalue weighted by Crippen LogP contribution is 2.44. The molecule has 0 radical (unpaired) electrons. The maximum absolute atomic E-state index is 11.3. The summed E-state index contributed by atoms with van der Waals surface area (Å²) in [5, 5.41) is 18.7. The number of rotatable bonds is 6. The number of aliphatic imine (C=N–C) groups is 1. The van der Waals surface area contributed by atoms with Crippen molar-refractivity contribution in [3.63, 3.8) is 0 Å². The van der Waals surface area contributed by atoms with Gasteiger partial charge in [0.25, 0.3) is 0 Å². The zero-order valence-corrected chi connectivity index (χ0v) is 14.0. The van der Waals surface area contributed by atoms with E-state index in [-0.39, 0.29) is 19.4 Å². The van der Waals surface area contributed by atoms with Crippen LogP contribution in [-0.2, 0) is 28.6 Å². The number of methoxy groups -OCH3 is 1. The van der Waals surface area contributed by atoms with E-state index in [1.807, 2.05) is 0 Å². The van der Waals surface area contributed by atoms with Crippen LogP contribution in [0.2, 0.25) is 0 Å². The van der Waals surface area contributed by atoms with Gasteiger partial charge in [0, 0.05) is 18.8 Å². The average Bonchev–Trinajstić information content (AvgIpc) is 2.89. The van der Waals surface area contributed by atoms with Gasteiger partial charge in [-0.05, 0) is 11.8 Å². The van der Waals surface area contributed by atoms with Gasteiger partial charge in [-0.15, -0.1) is 0 Å². The Morgan fingerprint density at radius 3 is 2.38 bits per heavy atom. The molecule has 24 heavy (non-hydrogen) atoms. The second-order valence-electron chi connectivity index (χ2n) is 5.58. The zero-order chi connectivity index (χ0) is 17.9. The highest BCUT2D eigenvalue weighted by Gasteiger charge is 2.50. The summed E-state index contributed by atoms with van der Waals surface area (Å²) in [5.41, 5.74) is -0.491. The lowest BCUT2D eigenvalue weighted by atomic mass is 9.76. The fourth-order valence-corrected chi connectivity index (χ4v) is 4.09. The Labute approximate surface area is 142 Å². The Hall–Kier alpha value is -1.81. The van der Waals surface area contributed by atoms with Crippen LogP contribution in [0.15, 0.2) is 4.99 Å². The molecule has 1 fully saturated rings. The van der Waals surface area contributed by atoms with E-state index in [1.165, 1.54) is 25.8 Å². The molecule has 0 spiro atoms. The predicted octanol–water partition coefficient (Wildman–Crippen LogP) is 0.574. The van der Waals surface area contributed by atoms with Crippen molar-refractivity contribution in [2.75, 3.05) is 13.7 Å². The van der Waals surface area contributed by atoms with E-state index in [2.05, 4.69) is 4.99 Å². The molecule has 0 unspecified atom stereocenters. The first-order chi connectivity index (χ1) is 11.3. The van der Waals surface area contributed by atoms with Gasteiger partial charge in [-0.25, -0.2) is 4.99 Å². The van der Waals surface area contributed by atoms with Crippen LogP contribution in [-0.4, -0.2) is 64.6 Å². The number of nitrogens with zero attached hydrogens (tertiary/aromatic N) is 1. The van der Waals surface area contributed by atoms with Crippen LogP contribution >= 0.6 is 11.8 Å². The molecule has 0 amide bonds. The monoisotopic (exact) mass is 361 g/mol. The Kier molecular flexibility index (Phi) is 6.05. The number of ether oxygens (including phenoxy) is 3. The standard InChI is InChI=1S/C14H19NO8S/c1-6(16)22-5-9-7(3-10(17)18)8(4-11(19)20)12-13(23-9)24-14(15-12)21-2/h7-9,12-13H,3-5H2,1-2H3,(H,17,18)(H,19,20)/t7-,8+,9-,12+,13+/m0/s1. The van der Waals surface area contributed by atoms with Gasteiger partial charge >= 0.3 is 17.9 Å². The van der Waals surface area contributed by atoms with Gasteiger partial charge in [0.1, 0.15) is 12.0 Å². The molecule has 2 rings (SSSR count). The number of aliphatic carboxylic acids is 2. The number of carbonyl (C=O) groups excluding carboxylic acids is 1. The van der Waals surface area contributed by atoms with E-state index in [4.69, 9.17) is 14.2 Å². The van der Waals surface area contributed by atoms with Gasteiger partial charge in [-0.2, -0.15) is 0 Å². The molecule has 2 N–H and O–H groups in total. The van der Waals surface area contributed by atoms with E-state index >= 15 is 0 Å². The van der Waals surface area contributed by atoms with Crippen LogP contribution in [0.4, 0.5) is 0 Å². The lowest BCUT2D eigenvalue weighted by molar-refractivity contribution is -0.162. The molecule has 0 saturated carbocycles. The van der Waals surface area contributed by atoms with Crippen LogP contribution < -0.4 is 0 Å². The van der Waals surface area contributed by atoms with E-state index in [0.29, 0.717) is 5.23 Å². The smallest absolute Gasteiger partial charge is 0.303 e. The van der Waals surface area contributed by atoms with Gasteiger partial charge < -0.3 is 24.4 Å². The molecule has 9 nitrogen and oxygen atoms in total. The van der Waals surface area contributed by atoms with Crippen molar-refractivity contribution < 1.29 is 38.8 Å². The van der Waals surface area contributed by atoms with Crippen molar-refractivity contribution >= 4 is 34.9 Å². The maximum atomic E-state index is 11.3. The molecule has 2 aliphatic rings. The molecular weight excluding hydrogens is 342 g/mol. The minimum Gasteiger partial charge on any atom is -0.481 e. The first kappa shape index (κ1) is 18.5. The topological polar surface area (TPSA) is 132 Å². The van der Waals surface area contributed by atoms with Gasteiger partial charge in [0.2, 0.25) is 5.23 Å². The fraction of sp³-hybridized carbons (Fsp3) is 0.714. The Balaban J connectivity index is 2.27. The molecule has 1 saturated heterocycles. The average molecular weight is 361 g/mol. The van der Waals surface area contributed by atoms with Gasteiger partial charge in [0.05, 0.1) is 32.1 Å². The largest absolute Gasteiger partial charge is 0.481 e. The Morgan fingerprint density at radius 2 is 1.83 bits per heavy atom. The third kappa shape index (κ3) is 4.38. The number of esters is 1. The molecule has 10 heteroatoms. The number of fused-ring (bicyclic) bond motifs is 1. The summed E-state index contributed by atoms with van der Waals surface area (Å²) in [6, 6.07) is -0.515. The van der Waals surface area contributed by atoms with E-state index in [0.717, 1.165) is 0 Å². The van der Waals surface area contributed by atoms with Crippen molar-refractivity contribution in [2.45, 2.75) is 37.3 Å². The van der Waals surface area contributed by atoms with Gasteiger partial charge in [-0.3, -0.25) is 14.4 Å². The number of hydrogen-bond acceptors (Lipinski definition) is 8. The molecule has 2 heterocycles. The van der Waals surface area contributed by atoms with Crippen molar-refractivity contribution in [3.05, 3.63) is 0 Å². The minimum absolute atomic E-state index is 0.129. The first-order valence-corrected chi connectivity index (χ1v) is 8.20. The van der Waals surface area contributed by atoms with E-state index < -0.39 is 47.3 Å². The predicted molar refractivity (Wildman–Crippen MR) is 82.6 cm³/mol. The third-order valence-electron chi connectivity index (χ3n) is 3.97. The fourth-order valence-electron chi connectivity index (χ4n) is 3.01. The molecule has 0 aromatic heterocycles. The van der Waals surface area contributed by atoms with Crippen LogP contribution in [0.25, 0.3) is 0 Å². The van der Waals surface area contributed by atoms with Crippen molar-refractivity contribution in [1.29, 1.82) is 0 Å². The molecule has 2 aliphatic heterocycles. The lowest BCUT2D eigenvalue weighted by Crippen LogP contribution is -2.50. The summed E-state index contributed by atoms with van der Waals surface area (Å²) >= 11 is 1.21. The summed E-state index contributed by atoms with van der Waals surface area (Å²) in [4.78, 5) is 37.9. The number of hydrogen-bond donors (Lipinski definition) is 2. The lowest BCUT2D eigenvalue weighted by Gasteiger charge is -2.42. The Bertz CT molecular complexity index is 551. The number of carboxylic acids is 2. The zero-order valence-electron chi connectivity index (χ0n) is 13.2. The summed E-state index contributed by atoms with van der Waals surface area (Å²) in [5.74, 6) is -3.84. The van der Waals surface area contributed by atoms with Crippen molar-refractivity contribution in [2.24, 2.45) is 16.8 Å². The van der Waals surface area contributed by atoms with E-state index in [1.54, 1.807) is 0 Å². The van der Waals surface area contributed by atoms with Crippen LogP contribution in [0.3, 0.4) is 0 Å². The molecule has 134 valence electrons. The highest BCUT2D eigenvalue weighted by atomic mass is 32.2. The molecular formula is C14H19NO8S. The number of carboxylic acid groups (broad SMARTS) is 2. The molecule has 0 bridgehead atoms. The summed E-state index contributed by atoms with van der Waals surface area (Å²) in [6.45, 7) is 1.11. The minimum atomic E-state index is -1.08. The van der Waals surface area contributed by atoms with Gasteiger partial charge in [0.15, 0.2) is 0 Å². The molecule has 0 aromatic rings. The first-order valence-electron chi connectivity index (χ1n) is 7.32. The van der Waals surface area contributed by atoms with E-state index in [9.17, 15) is 24.6 Å². The van der Waals surface area contributed by atoms with Crippen LogP contribution in [0.1, 0.15) is 19.8 Å². The number of thioether (sulfide) groups is 1. The van der Waals surface area contributed by atoms with Crippen LogP contribution in [0, 0.1) is 11.8 Å². The summed E-state index contributed by atoms with van der Waals surface area (Å²) in [7, 11) is 1.44. The SMILES string of the molecule is COC1=N[C@@H]2[C@H](CC(=O)O)[C@H](CC(=O)O)[C@H](COC(C)=O)O[C@@H]2S1. The molecule has 0 aromatic carbocycles. The van der Waals surface area contributed by atoms with Crippen molar-refractivity contribution in [3.8, 4) is 0 Å². The quantitative estimate of drug-likeness (QED) is 0.652. The maximum Gasteiger partial charge on any atom is 0.303 e. The van der Waals surface area contributed by atoms with Crippen LogP contribution in [0.5, 0.6) is 0 Å². The number of carbonyl (C=O) groups is 3. The normalized spacial score (nSPS) is 31.8. The van der Waals surface area contributed by atoms with Crippen molar-refractivity contribution in [1.82, 2.24) is 0 Å². The highest BCUT2D eigenvalue weighted by molar-refractivity contribution is 8.14.